The van der Waals surface area contributed by atoms with E-state index in [0.717, 1.165) is 18.8 Å². The molecule has 0 saturated heterocycles. The summed E-state index contributed by atoms with van der Waals surface area (Å²) < 4.78 is 4.75. The second kappa shape index (κ2) is 5.06. The normalized spacial score (nSPS) is 22.2. The maximum Gasteiger partial charge on any atom is 0.340 e. The van der Waals surface area contributed by atoms with Crippen LogP contribution in [0.5, 0.6) is 0 Å². The van der Waals surface area contributed by atoms with Crippen LogP contribution in [0.2, 0.25) is 5.02 Å². The van der Waals surface area contributed by atoms with Crippen molar-refractivity contribution in [2.45, 2.75) is 25.8 Å². The molecule has 0 aliphatic heterocycles. The molecule has 0 bridgehead atoms. The summed E-state index contributed by atoms with van der Waals surface area (Å²) in [5, 5.41) is 3.75. The molecule has 0 heterocycles. The first kappa shape index (κ1) is 13.0. The average molecular weight is 269 g/mol. The highest BCUT2D eigenvalue weighted by molar-refractivity contribution is 6.34. The van der Waals surface area contributed by atoms with E-state index in [4.69, 9.17) is 22.1 Å². The molecule has 4 nitrogen and oxygen atoms in total. The van der Waals surface area contributed by atoms with Crippen molar-refractivity contribution < 1.29 is 9.53 Å². The van der Waals surface area contributed by atoms with E-state index in [1.807, 2.05) is 0 Å². The van der Waals surface area contributed by atoms with Crippen LogP contribution in [-0.2, 0) is 4.74 Å². The van der Waals surface area contributed by atoms with Crippen molar-refractivity contribution in [1.82, 2.24) is 0 Å². The Kier molecular flexibility index (Phi) is 3.66. The number of esters is 1. The quantitative estimate of drug-likeness (QED) is 0.653. The van der Waals surface area contributed by atoms with E-state index in [-0.39, 0.29) is 0 Å². The molecule has 3 N–H and O–H groups in total. The fourth-order valence-corrected chi connectivity index (χ4v) is 2.55. The standard InChI is InChI=1S/C13H17ClN2O2/c1-7-3-9(4-7)16-12-10(13(17)18-2)5-8(15)6-11(12)14/h5-7,9,16H,3-4,15H2,1-2H3. The molecule has 5 heteroatoms. The molecule has 98 valence electrons. The Balaban J connectivity index is 2.28. The lowest BCUT2D eigenvalue weighted by molar-refractivity contribution is 0.0601. The average Bonchev–Trinajstić information content (AvgIpc) is 2.28. The zero-order valence-corrected chi connectivity index (χ0v) is 11.3. The molecule has 0 amide bonds. The number of ether oxygens (including phenoxy) is 1. The Morgan fingerprint density at radius 2 is 2.17 bits per heavy atom. The number of methoxy groups -OCH3 is 1. The third-order valence-electron chi connectivity index (χ3n) is 3.24. The van der Waals surface area contributed by atoms with Crippen LogP contribution in [0.15, 0.2) is 12.1 Å². The lowest BCUT2D eigenvalue weighted by Gasteiger charge is -2.34. The number of halogens is 1. The first-order valence-corrected chi connectivity index (χ1v) is 6.33. The summed E-state index contributed by atoms with van der Waals surface area (Å²) >= 11 is 6.15. The first-order chi connectivity index (χ1) is 8.51. The van der Waals surface area contributed by atoms with Crippen LogP contribution in [0.25, 0.3) is 0 Å². The summed E-state index contributed by atoms with van der Waals surface area (Å²) in [5.74, 6) is 0.288. The predicted molar refractivity (Wildman–Crippen MR) is 73.0 cm³/mol. The van der Waals surface area contributed by atoms with E-state index in [1.54, 1.807) is 12.1 Å². The van der Waals surface area contributed by atoms with Gasteiger partial charge in [-0.05, 0) is 30.9 Å². The molecule has 0 atom stereocenters. The number of nitrogens with one attached hydrogen (secondary N) is 1. The van der Waals surface area contributed by atoms with Gasteiger partial charge in [-0.3, -0.25) is 0 Å². The van der Waals surface area contributed by atoms with Gasteiger partial charge in [0.25, 0.3) is 0 Å². The summed E-state index contributed by atoms with van der Waals surface area (Å²) in [4.78, 5) is 11.7. The summed E-state index contributed by atoms with van der Waals surface area (Å²) in [6.45, 7) is 2.20. The van der Waals surface area contributed by atoms with E-state index >= 15 is 0 Å². The van der Waals surface area contributed by atoms with Crippen LogP contribution in [0.1, 0.15) is 30.1 Å². The molecule has 0 radical (unpaired) electrons. The maximum absolute atomic E-state index is 11.7. The fourth-order valence-electron chi connectivity index (χ4n) is 2.27. The molecule has 0 aromatic heterocycles. The van der Waals surface area contributed by atoms with Gasteiger partial charge in [0.2, 0.25) is 0 Å². The van der Waals surface area contributed by atoms with E-state index < -0.39 is 5.97 Å². The topological polar surface area (TPSA) is 64.3 Å². The number of benzene rings is 1. The van der Waals surface area contributed by atoms with Crippen LogP contribution in [0.3, 0.4) is 0 Å². The van der Waals surface area contributed by atoms with E-state index in [0.29, 0.717) is 28.0 Å². The molecular weight excluding hydrogens is 252 g/mol. The van der Waals surface area contributed by atoms with Crippen molar-refractivity contribution in [3.8, 4) is 0 Å². The number of nitrogens with two attached hydrogens (primary N) is 1. The Bertz CT molecular complexity index is 470. The van der Waals surface area contributed by atoms with Crippen molar-refractivity contribution in [2.24, 2.45) is 5.92 Å². The summed E-state index contributed by atoms with van der Waals surface area (Å²) in [7, 11) is 1.34. The minimum atomic E-state index is -0.431. The number of nitrogen functional groups attached to an aromatic ring is 1. The molecule has 0 spiro atoms. The fraction of sp³-hybridized carbons (Fsp3) is 0.462. The second-order valence-electron chi connectivity index (χ2n) is 4.83. The lowest BCUT2D eigenvalue weighted by atomic mass is 9.81. The first-order valence-electron chi connectivity index (χ1n) is 5.95. The number of anilines is 2. The van der Waals surface area contributed by atoms with Gasteiger partial charge in [0.05, 0.1) is 23.4 Å². The summed E-state index contributed by atoms with van der Waals surface area (Å²) in [6.07, 6.45) is 2.17. The zero-order valence-electron chi connectivity index (χ0n) is 10.5. The van der Waals surface area contributed by atoms with Gasteiger partial charge >= 0.3 is 5.97 Å². The minimum Gasteiger partial charge on any atom is -0.465 e. The SMILES string of the molecule is COC(=O)c1cc(N)cc(Cl)c1NC1CC(C)C1. The van der Waals surface area contributed by atoms with Crippen molar-refractivity contribution in [1.29, 1.82) is 0 Å². The van der Waals surface area contributed by atoms with Crippen LogP contribution >= 0.6 is 11.6 Å². The van der Waals surface area contributed by atoms with Gasteiger partial charge in [-0.1, -0.05) is 18.5 Å². The van der Waals surface area contributed by atoms with Crippen molar-refractivity contribution >= 4 is 28.9 Å². The molecule has 0 unspecified atom stereocenters. The van der Waals surface area contributed by atoms with Gasteiger partial charge in [0, 0.05) is 11.7 Å². The largest absolute Gasteiger partial charge is 0.465 e. The van der Waals surface area contributed by atoms with Crippen molar-refractivity contribution in [3.63, 3.8) is 0 Å². The number of hydrogen-bond donors (Lipinski definition) is 2. The maximum atomic E-state index is 11.7. The lowest BCUT2D eigenvalue weighted by Crippen LogP contribution is -2.34. The minimum absolute atomic E-state index is 0.365. The van der Waals surface area contributed by atoms with Crippen molar-refractivity contribution in [3.05, 3.63) is 22.7 Å². The molecule has 18 heavy (non-hydrogen) atoms. The van der Waals surface area contributed by atoms with Crippen molar-refractivity contribution in [2.75, 3.05) is 18.2 Å². The van der Waals surface area contributed by atoms with Crippen LogP contribution in [0, 0.1) is 5.92 Å². The molecule has 1 aliphatic carbocycles. The third kappa shape index (κ3) is 2.53. The Morgan fingerprint density at radius 1 is 1.50 bits per heavy atom. The smallest absolute Gasteiger partial charge is 0.340 e. The van der Waals surface area contributed by atoms with E-state index in [2.05, 4.69) is 12.2 Å². The van der Waals surface area contributed by atoms with Crippen LogP contribution < -0.4 is 11.1 Å². The highest BCUT2D eigenvalue weighted by atomic mass is 35.5. The number of carbonyl (C=O) groups excluding carboxylic acids is 1. The van der Waals surface area contributed by atoms with Gasteiger partial charge in [0.1, 0.15) is 0 Å². The molecular formula is C13H17ClN2O2. The summed E-state index contributed by atoms with van der Waals surface area (Å²) in [5.41, 5.74) is 7.16. The van der Waals surface area contributed by atoms with Gasteiger partial charge in [-0.2, -0.15) is 0 Å². The Hall–Kier alpha value is -1.42. The van der Waals surface area contributed by atoms with Crippen LogP contribution in [0.4, 0.5) is 11.4 Å². The summed E-state index contributed by atoms with van der Waals surface area (Å²) in [6, 6.07) is 3.59. The predicted octanol–water partition coefficient (Wildman–Crippen LogP) is 2.92. The molecule has 1 saturated carbocycles. The van der Waals surface area contributed by atoms with Gasteiger partial charge in [-0.25, -0.2) is 4.79 Å². The molecule has 1 aromatic carbocycles. The molecule has 1 aliphatic rings. The van der Waals surface area contributed by atoms with Gasteiger partial charge in [-0.15, -0.1) is 0 Å². The highest BCUT2D eigenvalue weighted by Gasteiger charge is 2.27. The number of hydrogen-bond acceptors (Lipinski definition) is 4. The van der Waals surface area contributed by atoms with Crippen LogP contribution in [-0.4, -0.2) is 19.1 Å². The third-order valence-corrected chi connectivity index (χ3v) is 3.54. The van der Waals surface area contributed by atoms with Gasteiger partial charge < -0.3 is 15.8 Å². The monoisotopic (exact) mass is 268 g/mol. The van der Waals surface area contributed by atoms with Gasteiger partial charge in [0.15, 0.2) is 0 Å². The highest BCUT2D eigenvalue weighted by Crippen LogP contribution is 2.35. The molecule has 1 fully saturated rings. The Labute approximate surface area is 111 Å². The second-order valence-corrected chi connectivity index (χ2v) is 5.24. The molecule has 1 aromatic rings. The molecule has 2 rings (SSSR count). The Morgan fingerprint density at radius 3 is 2.72 bits per heavy atom. The number of carbonyl (C=O) groups is 1. The van der Waals surface area contributed by atoms with E-state index in [1.165, 1.54) is 7.11 Å². The number of rotatable bonds is 3. The van der Waals surface area contributed by atoms with E-state index in [9.17, 15) is 4.79 Å². The zero-order chi connectivity index (χ0) is 13.3.